The highest BCUT2D eigenvalue weighted by molar-refractivity contribution is 8.07. The van der Waals surface area contributed by atoms with E-state index in [9.17, 15) is 0 Å². The summed E-state index contributed by atoms with van der Waals surface area (Å²) in [7, 11) is 0. The number of hydrogen-bond donors (Lipinski definition) is 0. The Morgan fingerprint density at radius 2 is 1.78 bits per heavy atom. The van der Waals surface area contributed by atoms with Crippen molar-refractivity contribution in [3.05, 3.63) is 35.9 Å². The Kier molecular flexibility index (Phi) is 6.48. The highest BCUT2D eigenvalue weighted by Gasteiger charge is 2.25. The van der Waals surface area contributed by atoms with Crippen LogP contribution >= 0.6 is 6.72 Å². The van der Waals surface area contributed by atoms with E-state index in [2.05, 4.69) is 6.07 Å². The second-order valence-corrected chi connectivity index (χ2v) is 6.27. The van der Waals surface area contributed by atoms with Gasteiger partial charge in [-0.1, -0.05) is 30.3 Å². The average molecular weight is 285 g/mol. The van der Waals surface area contributed by atoms with E-state index in [-0.39, 0.29) is 0 Å². The summed E-state index contributed by atoms with van der Waals surface area (Å²) in [5.41, 5.74) is 0.744. The topological polar surface area (TPSA) is 51.5 Å². The van der Waals surface area contributed by atoms with Crippen LogP contribution < -0.4 is 0 Å². The molecule has 1 unspecified atom stereocenters. The Morgan fingerprint density at radius 1 is 1.22 bits per heavy atom. The molecule has 1 rings (SSSR count). The highest BCUT2D eigenvalue weighted by Crippen LogP contribution is 2.53. The SMILES string of the molecule is CCOP(=S)(OCC)OC(C#N)c1ccccc1. The molecule has 0 aliphatic heterocycles. The van der Waals surface area contributed by atoms with E-state index >= 15 is 0 Å². The summed E-state index contributed by atoms with van der Waals surface area (Å²) in [5.74, 6) is 0. The summed E-state index contributed by atoms with van der Waals surface area (Å²) in [6.45, 7) is 1.57. The van der Waals surface area contributed by atoms with Crippen LogP contribution in [-0.2, 0) is 25.4 Å². The molecule has 1 atom stereocenters. The first kappa shape index (κ1) is 15.3. The Balaban J connectivity index is 2.85. The normalized spacial score (nSPS) is 12.9. The van der Waals surface area contributed by atoms with Crippen molar-refractivity contribution in [2.45, 2.75) is 20.0 Å². The van der Waals surface area contributed by atoms with Gasteiger partial charge in [-0.15, -0.1) is 0 Å². The average Bonchev–Trinajstić information content (AvgIpc) is 2.38. The van der Waals surface area contributed by atoms with Crippen molar-refractivity contribution in [2.24, 2.45) is 0 Å². The van der Waals surface area contributed by atoms with Crippen molar-refractivity contribution in [2.75, 3.05) is 13.2 Å². The van der Waals surface area contributed by atoms with Crippen molar-refractivity contribution in [3.8, 4) is 6.07 Å². The number of hydrogen-bond acceptors (Lipinski definition) is 5. The zero-order chi connectivity index (χ0) is 13.4. The van der Waals surface area contributed by atoms with Crippen LogP contribution in [0.25, 0.3) is 0 Å². The predicted octanol–water partition coefficient (Wildman–Crippen LogP) is 3.57. The van der Waals surface area contributed by atoms with Gasteiger partial charge in [0.05, 0.1) is 19.3 Å². The van der Waals surface area contributed by atoms with Crippen LogP contribution in [0.15, 0.2) is 30.3 Å². The van der Waals surface area contributed by atoms with Gasteiger partial charge in [-0.3, -0.25) is 4.52 Å². The zero-order valence-electron chi connectivity index (χ0n) is 10.4. The van der Waals surface area contributed by atoms with Gasteiger partial charge in [0.15, 0.2) is 6.10 Å². The molecule has 0 aliphatic rings. The first-order valence-electron chi connectivity index (χ1n) is 5.67. The molecular weight excluding hydrogens is 269 g/mol. The third-order valence-electron chi connectivity index (χ3n) is 2.03. The maximum absolute atomic E-state index is 9.16. The summed E-state index contributed by atoms with van der Waals surface area (Å²) in [4.78, 5) is 0. The van der Waals surface area contributed by atoms with Gasteiger partial charge in [-0.2, -0.15) is 5.26 Å². The molecule has 6 heteroatoms. The lowest BCUT2D eigenvalue weighted by Gasteiger charge is -2.23. The third-order valence-corrected chi connectivity index (χ3v) is 4.54. The Labute approximate surface area is 113 Å². The number of benzene rings is 1. The fourth-order valence-corrected chi connectivity index (χ4v) is 3.48. The smallest absolute Gasteiger partial charge is 0.309 e. The number of nitrogens with zero attached hydrogens (tertiary/aromatic N) is 1. The van der Waals surface area contributed by atoms with Crippen molar-refractivity contribution >= 4 is 18.5 Å². The molecule has 0 bridgehead atoms. The molecule has 0 aliphatic carbocycles. The Bertz CT molecular complexity index is 436. The van der Waals surface area contributed by atoms with Gasteiger partial charge >= 0.3 is 6.72 Å². The van der Waals surface area contributed by atoms with Gasteiger partial charge in [-0.25, -0.2) is 0 Å². The number of nitriles is 1. The fourth-order valence-electron chi connectivity index (χ4n) is 1.33. The largest absolute Gasteiger partial charge is 0.328 e. The third kappa shape index (κ3) is 4.49. The number of rotatable bonds is 7. The molecule has 0 saturated carbocycles. The van der Waals surface area contributed by atoms with Crippen molar-refractivity contribution in [1.29, 1.82) is 5.26 Å². The van der Waals surface area contributed by atoms with Gasteiger partial charge < -0.3 is 9.05 Å². The Hall–Kier alpha value is -0.760. The van der Waals surface area contributed by atoms with E-state index in [4.69, 9.17) is 30.6 Å². The quantitative estimate of drug-likeness (QED) is 0.717. The predicted molar refractivity (Wildman–Crippen MR) is 73.4 cm³/mol. The first-order valence-corrected chi connectivity index (χ1v) is 8.23. The standard InChI is InChI=1S/C12H16NO3PS/c1-3-14-17(18,15-4-2)16-12(10-13)11-8-6-5-7-9-11/h5-9,12H,3-4H2,1-2H3. The van der Waals surface area contributed by atoms with E-state index in [0.717, 1.165) is 5.56 Å². The van der Waals surface area contributed by atoms with Gasteiger partial charge in [0, 0.05) is 0 Å². The molecule has 0 N–H and O–H groups in total. The van der Waals surface area contributed by atoms with E-state index in [1.807, 2.05) is 44.2 Å². The van der Waals surface area contributed by atoms with Gasteiger partial charge in [-0.05, 0) is 31.2 Å². The van der Waals surface area contributed by atoms with Crippen LogP contribution in [0.5, 0.6) is 0 Å². The summed E-state index contributed by atoms with van der Waals surface area (Å²) in [5, 5.41) is 9.16. The van der Waals surface area contributed by atoms with Gasteiger partial charge in [0.2, 0.25) is 0 Å². The molecule has 1 aromatic rings. The molecule has 0 saturated heterocycles. The van der Waals surface area contributed by atoms with Crippen LogP contribution in [0.3, 0.4) is 0 Å². The minimum absolute atomic E-state index is 0.393. The molecule has 98 valence electrons. The molecule has 0 radical (unpaired) electrons. The Morgan fingerprint density at radius 3 is 2.22 bits per heavy atom. The summed E-state index contributed by atoms with van der Waals surface area (Å²) >= 11 is 5.24. The lowest BCUT2D eigenvalue weighted by atomic mass is 10.1. The van der Waals surface area contributed by atoms with Crippen molar-refractivity contribution in [1.82, 2.24) is 0 Å². The van der Waals surface area contributed by atoms with Crippen LogP contribution in [0.1, 0.15) is 25.5 Å². The molecule has 0 aromatic heterocycles. The molecule has 0 spiro atoms. The molecule has 0 heterocycles. The summed E-state index contributed by atoms with van der Waals surface area (Å²) in [6.07, 6.45) is -0.768. The van der Waals surface area contributed by atoms with Crippen molar-refractivity contribution in [3.63, 3.8) is 0 Å². The molecule has 18 heavy (non-hydrogen) atoms. The second kappa shape index (κ2) is 7.63. The van der Waals surface area contributed by atoms with Crippen LogP contribution in [-0.4, -0.2) is 13.2 Å². The molecule has 0 amide bonds. The van der Waals surface area contributed by atoms with Crippen molar-refractivity contribution < 1.29 is 13.6 Å². The van der Waals surface area contributed by atoms with E-state index in [1.165, 1.54) is 0 Å². The molecular formula is C12H16NO3PS. The highest BCUT2D eigenvalue weighted by atomic mass is 32.5. The zero-order valence-corrected chi connectivity index (χ0v) is 12.1. The van der Waals surface area contributed by atoms with E-state index in [1.54, 1.807) is 0 Å². The fraction of sp³-hybridized carbons (Fsp3) is 0.417. The maximum Gasteiger partial charge on any atom is 0.328 e. The lowest BCUT2D eigenvalue weighted by Crippen LogP contribution is -2.05. The second-order valence-electron chi connectivity index (χ2n) is 3.31. The first-order chi connectivity index (χ1) is 8.65. The van der Waals surface area contributed by atoms with Crippen LogP contribution in [0.2, 0.25) is 0 Å². The maximum atomic E-state index is 9.16. The molecule has 0 fully saturated rings. The molecule has 1 aromatic carbocycles. The monoisotopic (exact) mass is 285 g/mol. The summed E-state index contributed by atoms with van der Waals surface area (Å²) in [6, 6.07) is 11.2. The van der Waals surface area contributed by atoms with Crippen LogP contribution in [0, 0.1) is 11.3 Å². The van der Waals surface area contributed by atoms with Gasteiger partial charge in [0.25, 0.3) is 0 Å². The molecule has 4 nitrogen and oxygen atoms in total. The van der Waals surface area contributed by atoms with Gasteiger partial charge in [0.1, 0.15) is 0 Å². The van der Waals surface area contributed by atoms with Crippen LogP contribution in [0.4, 0.5) is 0 Å². The minimum atomic E-state index is -2.85. The minimum Gasteiger partial charge on any atom is -0.309 e. The summed E-state index contributed by atoms with van der Waals surface area (Å²) < 4.78 is 16.3. The lowest BCUT2D eigenvalue weighted by molar-refractivity contribution is 0.145. The van der Waals surface area contributed by atoms with E-state index < -0.39 is 12.8 Å². The van der Waals surface area contributed by atoms with E-state index in [0.29, 0.717) is 13.2 Å².